The number of thioether (sulfide) groups is 1. The maximum Gasteiger partial charge on any atom is 0.263 e. The van der Waals surface area contributed by atoms with Crippen molar-refractivity contribution in [2.24, 2.45) is 0 Å². The molecular formula is C22H25N3O3S2. The standard InChI is InChI=1S/C22H25N3O3S2/c1-14-7-9-15(10-8-14)23-18(26)13-29-22-24-20-19(16-5-3-6-17(16)30-20)21(27)25(22)11-4-12-28-2/h7-10H,3-6,11-13H2,1-2H3,(H,23,26). The maximum absolute atomic E-state index is 13.3. The van der Waals surface area contributed by atoms with E-state index >= 15 is 0 Å². The molecule has 0 saturated heterocycles. The van der Waals surface area contributed by atoms with Crippen LogP contribution in [0.25, 0.3) is 10.2 Å². The number of hydrogen-bond donors (Lipinski definition) is 1. The quantitative estimate of drug-likeness (QED) is 0.323. The molecule has 0 spiro atoms. The van der Waals surface area contributed by atoms with Crippen molar-refractivity contribution in [3.8, 4) is 0 Å². The smallest absolute Gasteiger partial charge is 0.263 e. The molecule has 0 saturated carbocycles. The highest BCUT2D eigenvalue weighted by atomic mass is 32.2. The molecule has 1 N–H and O–H groups in total. The zero-order valence-corrected chi connectivity index (χ0v) is 18.8. The summed E-state index contributed by atoms with van der Waals surface area (Å²) >= 11 is 2.94. The van der Waals surface area contributed by atoms with Gasteiger partial charge in [-0.1, -0.05) is 29.5 Å². The molecule has 1 amide bonds. The molecule has 0 fully saturated rings. The molecule has 2 heterocycles. The number of nitrogens with one attached hydrogen (secondary N) is 1. The van der Waals surface area contributed by atoms with Crippen LogP contribution in [0.1, 0.15) is 28.8 Å². The Labute approximate surface area is 183 Å². The lowest BCUT2D eigenvalue weighted by atomic mass is 10.2. The lowest BCUT2D eigenvalue weighted by molar-refractivity contribution is -0.113. The molecule has 3 aromatic rings. The number of rotatable bonds is 8. The Hall–Kier alpha value is -2.16. The van der Waals surface area contributed by atoms with E-state index in [2.05, 4.69) is 5.32 Å². The van der Waals surface area contributed by atoms with Gasteiger partial charge in [-0.25, -0.2) is 4.98 Å². The predicted molar refractivity (Wildman–Crippen MR) is 123 cm³/mol. The zero-order chi connectivity index (χ0) is 21.1. The number of ether oxygens (including phenoxy) is 1. The number of benzene rings is 1. The molecule has 1 aromatic carbocycles. The number of aromatic nitrogens is 2. The van der Waals surface area contributed by atoms with Gasteiger partial charge in [-0.2, -0.15) is 0 Å². The normalized spacial score (nSPS) is 13.0. The predicted octanol–water partition coefficient (Wildman–Crippen LogP) is 4.02. The molecular weight excluding hydrogens is 418 g/mol. The number of anilines is 1. The van der Waals surface area contributed by atoms with Crippen LogP contribution in [0.5, 0.6) is 0 Å². The molecule has 6 nitrogen and oxygen atoms in total. The minimum atomic E-state index is -0.115. The molecule has 30 heavy (non-hydrogen) atoms. The van der Waals surface area contributed by atoms with Crippen LogP contribution >= 0.6 is 23.1 Å². The van der Waals surface area contributed by atoms with Gasteiger partial charge in [-0.3, -0.25) is 14.2 Å². The molecule has 1 aliphatic carbocycles. The van der Waals surface area contributed by atoms with Crippen LogP contribution in [0.15, 0.2) is 34.2 Å². The highest BCUT2D eigenvalue weighted by Gasteiger charge is 2.23. The number of hydrogen-bond acceptors (Lipinski definition) is 6. The van der Waals surface area contributed by atoms with E-state index in [1.165, 1.54) is 22.2 Å². The molecule has 0 aliphatic heterocycles. The number of nitrogens with zero attached hydrogens (tertiary/aromatic N) is 2. The largest absolute Gasteiger partial charge is 0.385 e. The first-order valence-electron chi connectivity index (χ1n) is 10.1. The Morgan fingerprint density at radius 1 is 1.30 bits per heavy atom. The fraction of sp³-hybridized carbons (Fsp3) is 0.409. The summed E-state index contributed by atoms with van der Waals surface area (Å²) in [4.78, 5) is 32.6. The third-order valence-electron chi connectivity index (χ3n) is 5.19. The minimum absolute atomic E-state index is 0.0111. The summed E-state index contributed by atoms with van der Waals surface area (Å²) in [7, 11) is 1.65. The van der Waals surface area contributed by atoms with E-state index in [0.29, 0.717) is 18.3 Å². The van der Waals surface area contributed by atoms with E-state index in [0.717, 1.165) is 47.2 Å². The molecule has 1 aliphatic rings. The second kappa shape index (κ2) is 9.32. The lowest BCUT2D eigenvalue weighted by Gasteiger charge is -2.12. The van der Waals surface area contributed by atoms with Crippen LogP contribution in [-0.4, -0.2) is 34.9 Å². The van der Waals surface area contributed by atoms with Gasteiger partial charge >= 0.3 is 0 Å². The molecule has 8 heteroatoms. The summed E-state index contributed by atoms with van der Waals surface area (Å²) in [5.41, 5.74) is 3.10. The van der Waals surface area contributed by atoms with E-state index < -0.39 is 0 Å². The van der Waals surface area contributed by atoms with E-state index in [1.807, 2.05) is 31.2 Å². The fourth-order valence-corrected chi connectivity index (χ4v) is 5.82. The van der Waals surface area contributed by atoms with Gasteiger partial charge in [0.25, 0.3) is 5.56 Å². The lowest BCUT2D eigenvalue weighted by Crippen LogP contribution is -2.25. The average Bonchev–Trinajstić information content (AvgIpc) is 3.31. The first-order valence-corrected chi connectivity index (χ1v) is 11.9. The summed E-state index contributed by atoms with van der Waals surface area (Å²) in [6.45, 7) is 3.11. The summed E-state index contributed by atoms with van der Waals surface area (Å²) in [5, 5.41) is 4.28. The van der Waals surface area contributed by atoms with Crippen molar-refractivity contribution in [3.05, 3.63) is 50.6 Å². The van der Waals surface area contributed by atoms with Gasteiger partial charge in [0, 0.05) is 30.8 Å². The van der Waals surface area contributed by atoms with Gasteiger partial charge in [0.1, 0.15) is 4.83 Å². The second-order valence-corrected chi connectivity index (χ2v) is 9.46. The molecule has 0 radical (unpaired) electrons. The second-order valence-electron chi connectivity index (χ2n) is 7.44. The molecule has 0 unspecified atom stereocenters. The van der Waals surface area contributed by atoms with Crippen molar-refractivity contribution in [3.63, 3.8) is 0 Å². The van der Waals surface area contributed by atoms with Crippen molar-refractivity contribution in [1.29, 1.82) is 0 Å². The van der Waals surface area contributed by atoms with Gasteiger partial charge in [-0.05, 0) is 50.3 Å². The Kier molecular flexibility index (Phi) is 6.55. The Morgan fingerprint density at radius 2 is 2.10 bits per heavy atom. The summed E-state index contributed by atoms with van der Waals surface area (Å²) in [6, 6.07) is 7.69. The van der Waals surface area contributed by atoms with Gasteiger partial charge in [0.05, 0.1) is 11.1 Å². The van der Waals surface area contributed by atoms with E-state index in [-0.39, 0.29) is 17.2 Å². The highest BCUT2D eigenvalue weighted by Crippen LogP contribution is 2.35. The topological polar surface area (TPSA) is 73.2 Å². The molecule has 158 valence electrons. The van der Waals surface area contributed by atoms with Crippen molar-refractivity contribution in [2.75, 3.05) is 24.8 Å². The third kappa shape index (κ3) is 4.45. The van der Waals surface area contributed by atoms with Gasteiger partial charge in [-0.15, -0.1) is 11.3 Å². The summed E-state index contributed by atoms with van der Waals surface area (Å²) in [5.74, 6) is 0.0802. The summed E-state index contributed by atoms with van der Waals surface area (Å²) in [6.07, 6.45) is 3.81. The van der Waals surface area contributed by atoms with Crippen molar-refractivity contribution >= 4 is 44.9 Å². The van der Waals surface area contributed by atoms with Crippen LogP contribution in [0.3, 0.4) is 0 Å². The van der Waals surface area contributed by atoms with E-state index in [9.17, 15) is 9.59 Å². The highest BCUT2D eigenvalue weighted by molar-refractivity contribution is 7.99. The number of aryl methyl sites for hydroxylation is 3. The first-order chi connectivity index (χ1) is 14.6. The Balaban J connectivity index is 1.57. The Bertz CT molecular complexity index is 1120. The Morgan fingerprint density at radius 3 is 2.87 bits per heavy atom. The zero-order valence-electron chi connectivity index (χ0n) is 17.2. The average molecular weight is 444 g/mol. The van der Waals surface area contributed by atoms with Crippen LogP contribution in [0.4, 0.5) is 5.69 Å². The fourth-order valence-electron chi connectivity index (χ4n) is 3.70. The number of carbonyl (C=O) groups is 1. The van der Waals surface area contributed by atoms with Crippen LogP contribution in [0.2, 0.25) is 0 Å². The van der Waals surface area contributed by atoms with Crippen LogP contribution < -0.4 is 10.9 Å². The number of carbonyl (C=O) groups excluding carboxylic acids is 1. The van der Waals surface area contributed by atoms with E-state index in [1.54, 1.807) is 23.0 Å². The number of thiophene rings is 1. The van der Waals surface area contributed by atoms with Gasteiger partial charge in [0.15, 0.2) is 5.16 Å². The molecule has 0 bridgehead atoms. The van der Waals surface area contributed by atoms with E-state index in [4.69, 9.17) is 9.72 Å². The summed E-state index contributed by atoms with van der Waals surface area (Å²) < 4.78 is 6.88. The van der Waals surface area contributed by atoms with Gasteiger partial charge < -0.3 is 10.1 Å². The third-order valence-corrected chi connectivity index (χ3v) is 7.35. The first kappa shape index (κ1) is 21.1. The van der Waals surface area contributed by atoms with Crippen molar-refractivity contribution < 1.29 is 9.53 Å². The van der Waals surface area contributed by atoms with Crippen molar-refractivity contribution in [1.82, 2.24) is 9.55 Å². The number of fused-ring (bicyclic) bond motifs is 3. The molecule has 2 aromatic heterocycles. The molecule has 4 rings (SSSR count). The minimum Gasteiger partial charge on any atom is -0.385 e. The van der Waals surface area contributed by atoms with Crippen LogP contribution in [0, 0.1) is 6.92 Å². The van der Waals surface area contributed by atoms with Crippen molar-refractivity contribution in [2.45, 2.75) is 44.3 Å². The van der Waals surface area contributed by atoms with Crippen LogP contribution in [-0.2, 0) is 28.9 Å². The number of methoxy groups -OCH3 is 1. The number of amides is 1. The monoisotopic (exact) mass is 443 g/mol. The SMILES string of the molecule is COCCCn1c(SCC(=O)Nc2ccc(C)cc2)nc2sc3c(c2c1=O)CCC3. The molecule has 0 atom stereocenters. The van der Waals surface area contributed by atoms with Gasteiger partial charge in [0.2, 0.25) is 5.91 Å². The maximum atomic E-state index is 13.3.